The number of rotatable bonds is 6. The Hall–Kier alpha value is -3.22. The van der Waals surface area contributed by atoms with Crippen molar-refractivity contribution < 1.29 is 9.32 Å². The largest absolute Gasteiger partial charge is 0.370 e. The van der Waals surface area contributed by atoms with Gasteiger partial charge in [-0.25, -0.2) is 4.98 Å². The Balaban J connectivity index is 1.62. The van der Waals surface area contributed by atoms with Crippen molar-refractivity contribution in [2.75, 3.05) is 18.9 Å². The van der Waals surface area contributed by atoms with Gasteiger partial charge in [-0.2, -0.15) is 4.98 Å². The molecule has 0 saturated heterocycles. The Bertz CT molecular complexity index is 875. The zero-order chi connectivity index (χ0) is 17.6. The first-order valence-electron chi connectivity index (χ1n) is 7.97. The second kappa shape index (κ2) is 7.57. The summed E-state index contributed by atoms with van der Waals surface area (Å²) in [6, 6.07) is 11.3. The molecule has 2 heterocycles. The van der Waals surface area contributed by atoms with Gasteiger partial charge in [0.1, 0.15) is 5.82 Å². The van der Waals surface area contributed by atoms with Gasteiger partial charge in [-0.15, -0.1) is 0 Å². The highest BCUT2D eigenvalue weighted by atomic mass is 16.5. The third-order valence-corrected chi connectivity index (χ3v) is 3.67. The summed E-state index contributed by atoms with van der Waals surface area (Å²) in [4.78, 5) is 20.2. The molecule has 0 aliphatic heterocycles. The molecule has 0 saturated carbocycles. The van der Waals surface area contributed by atoms with E-state index in [0.717, 1.165) is 23.4 Å². The summed E-state index contributed by atoms with van der Waals surface area (Å²) >= 11 is 0. The van der Waals surface area contributed by atoms with Crippen molar-refractivity contribution in [1.29, 1.82) is 0 Å². The number of aromatic nitrogens is 3. The van der Waals surface area contributed by atoms with Gasteiger partial charge in [0.05, 0.1) is 0 Å². The van der Waals surface area contributed by atoms with Gasteiger partial charge in [-0.1, -0.05) is 17.3 Å². The molecule has 3 rings (SSSR count). The van der Waals surface area contributed by atoms with Crippen LogP contribution in [0, 0.1) is 6.92 Å². The summed E-state index contributed by atoms with van der Waals surface area (Å²) in [5, 5.41) is 9.70. The summed E-state index contributed by atoms with van der Waals surface area (Å²) in [5.41, 5.74) is 2.56. The topological polar surface area (TPSA) is 92.9 Å². The first-order valence-corrected chi connectivity index (χ1v) is 7.97. The molecule has 0 aliphatic rings. The molecule has 25 heavy (non-hydrogen) atoms. The predicted octanol–water partition coefficient (Wildman–Crippen LogP) is 2.45. The lowest BCUT2D eigenvalue weighted by Crippen LogP contribution is -2.18. The highest BCUT2D eigenvalue weighted by Crippen LogP contribution is 2.19. The quantitative estimate of drug-likeness (QED) is 0.718. The molecular weight excluding hydrogens is 318 g/mol. The number of hydrogen-bond acceptors (Lipinski definition) is 6. The van der Waals surface area contributed by atoms with Crippen LogP contribution in [0.1, 0.15) is 21.7 Å². The molecule has 0 bridgehead atoms. The van der Waals surface area contributed by atoms with Gasteiger partial charge in [0.2, 0.25) is 0 Å². The van der Waals surface area contributed by atoms with Gasteiger partial charge in [-0.3, -0.25) is 4.79 Å². The molecule has 0 aliphatic carbocycles. The lowest BCUT2D eigenvalue weighted by molar-refractivity contribution is 0.0963. The predicted molar refractivity (Wildman–Crippen MR) is 94.3 cm³/mol. The standard InChI is InChI=1S/C18H19N5O2/c1-12-22-18(25-23-12)15-7-9-21-16(11-15)20-8-6-13-4-3-5-14(10-13)17(24)19-2/h3-5,7,9-11H,6,8H2,1-2H3,(H,19,24)(H,20,21). The van der Waals surface area contributed by atoms with Gasteiger partial charge < -0.3 is 15.2 Å². The molecule has 128 valence electrons. The van der Waals surface area contributed by atoms with Crippen LogP contribution in [-0.2, 0) is 6.42 Å². The fourth-order valence-electron chi connectivity index (χ4n) is 2.42. The Morgan fingerprint density at radius 1 is 1.24 bits per heavy atom. The number of hydrogen-bond donors (Lipinski definition) is 2. The van der Waals surface area contributed by atoms with Crippen LogP contribution < -0.4 is 10.6 Å². The highest BCUT2D eigenvalue weighted by molar-refractivity contribution is 5.94. The number of benzene rings is 1. The number of pyridine rings is 1. The number of anilines is 1. The van der Waals surface area contributed by atoms with Crippen molar-refractivity contribution in [3.63, 3.8) is 0 Å². The number of carbonyl (C=O) groups is 1. The van der Waals surface area contributed by atoms with Gasteiger partial charge in [-0.05, 0) is 43.2 Å². The van der Waals surface area contributed by atoms with Crippen LogP contribution in [0.5, 0.6) is 0 Å². The summed E-state index contributed by atoms with van der Waals surface area (Å²) in [7, 11) is 1.63. The summed E-state index contributed by atoms with van der Waals surface area (Å²) in [6.07, 6.45) is 2.47. The zero-order valence-electron chi connectivity index (χ0n) is 14.1. The van der Waals surface area contributed by atoms with E-state index in [2.05, 4.69) is 25.8 Å². The van der Waals surface area contributed by atoms with E-state index in [9.17, 15) is 4.79 Å². The Labute approximate surface area is 145 Å². The van der Waals surface area contributed by atoms with Crippen molar-refractivity contribution in [3.8, 4) is 11.5 Å². The number of amides is 1. The molecule has 7 nitrogen and oxygen atoms in total. The summed E-state index contributed by atoms with van der Waals surface area (Å²) in [5.74, 6) is 1.72. The maximum atomic E-state index is 11.7. The maximum Gasteiger partial charge on any atom is 0.258 e. The zero-order valence-corrected chi connectivity index (χ0v) is 14.1. The molecule has 2 aromatic heterocycles. The third-order valence-electron chi connectivity index (χ3n) is 3.67. The molecule has 0 spiro atoms. The lowest BCUT2D eigenvalue weighted by Gasteiger charge is -2.07. The van der Waals surface area contributed by atoms with Crippen LogP contribution in [-0.4, -0.2) is 34.6 Å². The van der Waals surface area contributed by atoms with Crippen LogP contribution in [0.25, 0.3) is 11.5 Å². The molecule has 0 radical (unpaired) electrons. The minimum atomic E-state index is -0.0842. The molecule has 0 atom stereocenters. The normalized spacial score (nSPS) is 10.5. The Morgan fingerprint density at radius 3 is 2.88 bits per heavy atom. The fraction of sp³-hybridized carbons (Fsp3) is 0.222. The number of carbonyl (C=O) groups excluding carboxylic acids is 1. The first-order chi connectivity index (χ1) is 12.2. The van der Waals surface area contributed by atoms with Crippen LogP contribution in [0.4, 0.5) is 5.82 Å². The molecule has 1 aromatic carbocycles. The summed E-state index contributed by atoms with van der Waals surface area (Å²) < 4.78 is 5.17. The second-order valence-corrected chi connectivity index (χ2v) is 5.53. The van der Waals surface area contributed by atoms with E-state index in [4.69, 9.17) is 4.52 Å². The van der Waals surface area contributed by atoms with E-state index < -0.39 is 0 Å². The van der Waals surface area contributed by atoms with Gasteiger partial charge in [0.25, 0.3) is 11.8 Å². The summed E-state index contributed by atoms with van der Waals surface area (Å²) in [6.45, 7) is 2.47. The molecular formula is C18H19N5O2. The molecule has 0 unspecified atom stereocenters. The maximum absolute atomic E-state index is 11.7. The van der Waals surface area contributed by atoms with Crippen LogP contribution in [0.2, 0.25) is 0 Å². The molecule has 0 fully saturated rings. The van der Waals surface area contributed by atoms with E-state index in [-0.39, 0.29) is 5.91 Å². The molecule has 1 amide bonds. The highest BCUT2D eigenvalue weighted by Gasteiger charge is 2.07. The third kappa shape index (κ3) is 4.20. The average molecular weight is 337 g/mol. The van der Waals surface area contributed by atoms with Crippen molar-refractivity contribution in [2.24, 2.45) is 0 Å². The van der Waals surface area contributed by atoms with Gasteiger partial charge >= 0.3 is 0 Å². The van der Waals surface area contributed by atoms with E-state index in [0.29, 0.717) is 23.8 Å². The molecule has 3 aromatic rings. The van der Waals surface area contributed by atoms with Crippen LogP contribution in [0.15, 0.2) is 47.1 Å². The van der Waals surface area contributed by atoms with Crippen molar-refractivity contribution in [3.05, 3.63) is 59.5 Å². The van der Waals surface area contributed by atoms with Crippen molar-refractivity contribution >= 4 is 11.7 Å². The van der Waals surface area contributed by atoms with Crippen molar-refractivity contribution in [1.82, 2.24) is 20.4 Å². The number of aryl methyl sites for hydroxylation is 1. The Morgan fingerprint density at radius 2 is 2.12 bits per heavy atom. The van der Waals surface area contributed by atoms with E-state index >= 15 is 0 Å². The fourth-order valence-corrected chi connectivity index (χ4v) is 2.42. The monoisotopic (exact) mass is 337 g/mol. The average Bonchev–Trinajstić information content (AvgIpc) is 3.08. The lowest BCUT2D eigenvalue weighted by atomic mass is 10.1. The van der Waals surface area contributed by atoms with E-state index in [1.165, 1.54) is 0 Å². The SMILES string of the molecule is CNC(=O)c1cccc(CCNc2cc(-c3nc(C)no3)ccn2)c1. The van der Waals surface area contributed by atoms with Crippen molar-refractivity contribution in [2.45, 2.75) is 13.3 Å². The minimum Gasteiger partial charge on any atom is -0.370 e. The second-order valence-electron chi connectivity index (χ2n) is 5.53. The minimum absolute atomic E-state index is 0.0842. The molecule has 7 heteroatoms. The Kier molecular flexibility index (Phi) is 5.03. The van der Waals surface area contributed by atoms with E-state index in [1.54, 1.807) is 26.2 Å². The molecule has 2 N–H and O–H groups in total. The van der Waals surface area contributed by atoms with Crippen LogP contribution >= 0.6 is 0 Å². The number of nitrogens with one attached hydrogen (secondary N) is 2. The van der Waals surface area contributed by atoms with E-state index in [1.807, 2.05) is 30.3 Å². The smallest absolute Gasteiger partial charge is 0.258 e. The van der Waals surface area contributed by atoms with Gasteiger partial charge in [0, 0.05) is 30.9 Å². The number of nitrogens with zero attached hydrogens (tertiary/aromatic N) is 3. The van der Waals surface area contributed by atoms with Gasteiger partial charge in [0.15, 0.2) is 5.82 Å². The van der Waals surface area contributed by atoms with Crippen LogP contribution in [0.3, 0.4) is 0 Å². The first kappa shape index (κ1) is 16.6.